The van der Waals surface area contributed by atoms with E-state index in [1.54, 1.807) is 0 Å². The van der Waals surface area contributed by atoms with Crippen molar-refractivity contribution in [2.75, 3.05) is 11.6 Å². The Balaban J connectivity index is 1.81. The molecule has 0 radical (unpaired) electrons. The van der Waals surface area contributed by atoms with Crippen LogP contribution in [0.1, 0.15) is 5.56 Å². The van der Waals surface area contributed by atoms with E-state index in [4.69, 9.17) is 16.3 Å². The smallest absolute Gasteiger partial charge is 0.316 e. The number of anilines is 1. The maximum Gasteiger partial charge on any atom is 0.316 e. The van der Waals surface area contributed by atoms with Crippen LogP contribution in [0.2, 0.25) is 0 Å². The molecule has 0 aliphatic carbocycles. The number of nitrogens with two attached hydrogens (primary N) is 2. The van der Waals surface area contributed by atoms with Gasteiger partial charge in [0.05, 0.1) is 5.52 Å². The van der Waals surface area contributed by atoms with Crippen LogP contribution in [0.3, 0.4) is 0 Å². The Kier molecular flexibility index (Phi) is 3.01. The van der Waals surface area contributed by atoms with E-state index in [1.165, 1.54) is 4.68 Å². The summed E-state index contributed by atoms with van der Waals surface area (Å²) in [5, 5.41) is 0.890. The summed E-state index contributed by atoms with van der Waals surface area (Å²) in [4.78, 5) is 8.77. The number of rotatable bonds is 3. The zero-order valence-electron chi connectivity index (χ0n) is 12.3. The Morgan fingerprint density at radius 1 is 0.957 bits per heavy atom. The Morgan fingerprint density at radius 3 is 2.52 bits per heavy atom. The van der Waals surface area contributed by atoms with Crippen LogP contribution in [0.25, 0.3) is 21.9 Å². The zero-order valence-corrected chi connectivity index (χ0v) is 12.3. The van der Waals surface area contributed by atoms with Crippen molar-refractivity contribution < 1.29 is 4.74 Å². The van der Waals surface area contributed by atoms with Crippen molar-refractivity contribution in [3.05, 3.63) is 60.2 Å². The Labute approximate surface area is 132 Å². The van der Waals surface area contributed by atoms with Gasteiger partial charge in [-0.15, -0.1) is 0 Å². The van der Waals surface area contributed by atoms with Crippen LogP contribution in [-0.2, 0) is 6.61 Å². The summed E-state index contributed by atoms with van der Waals surface area (Å²) in [7, 11) is 0. The minimum atomic E-state index is 0.314. The highest BCUT2D eigenvalue weighted by Gasteiger charge is 2.16. The fourth-order valence-corrected chi connectivity index (χ4v) is 2.63. The van der Waals surface area contributed by atoms with Crippen molar-refractivity contribution >= 4 is 27.8 Å². The Morgan fingerprint density at radius 2 is 1.70 bits per heavy atom. The van der Waals surface area contributed by atoms with E-state index in [0.717, 1.165) is 22.0 Å². The molecule has 2 aromatic carbocycles. The number of hydrogen-bond acceptors (Lipinski definition) is 5. The standard InChI is InChI=1S/C17H15N5O/c18-16-14-15(12-8-4-5-9-13(12)20-16)22(19)17(21-14)23-10-11-6-2-1-3-7-11/h1-9H,10,19H2,(H2,18,20). The molecule has 2 heterocycles. The summed E-state index contributed by atoms with van der Waals surface area (Å²) < 4.78 is 7.18. The van der Waals surface area contributed by atoms with Crippen LogP contribution in [-0.4, -0.2) is 14.6 Å². The second kappa shape index (κ2) is 5.17. The molecular weight excluding hydrogens is 290 g/mol. The predicted molar refractivity (Wildman–Crippen MR) is 90.4 cm³/mol. The highest BCUT2D eigenvalue weighted by atomic mass is 16.5. The van der Waals surface area contributed by atoms with Crippen LogP contribution in [0.5, 0.6) is 6.01 Å². The van der Waals surface area contributed by atoms with E-state index in [-0.39, 0.29) is 0 Å². The van der Waals surface area contributed by atoms with Crippen LogP contribution in [0, 0.1) is 0 Å². The topological polar surface area (TPSA) is 92.0 Å². The summed E-state index contributed by atoms with van der Waals surface area (Å²) in [5.41, 5.74) is 9.10. The molecule has 0 aliphatic heterocycles. The quantitative estimate of drug-likeness (QED) is 0.567. The van der Waals surface area contributed by atoms with Gasteiger partial charge in [-0.05, 0) is 11.6 Å². The highest BCUT2D eigenvalue weighted by molar-refractivity contribution is 6.06. The van der Waals surface area contributed by atoms with Crippen molar-refractivity contribution in [3.8, 4) is 6.01 Å². The number of imidazole rings is 1. The van der Waals surface area contributed by atoms with Gasteiger partial charge in [-0.2, -0.15) is 4.98 Å². The Hall–Kier alpha value is -3.28. The highest BCUT2D eigenvalue weighted by Crippen LogP contribution is 2.29. The third kappa shape index (κ3) is 2.20. The van der Waals surface area contributed by atoms with E-state index in [2.05, 4.69) is 9.97 Å². The molecule has 0 atom stereocenters. The van der Waals surface area contributed by atoms with Crippen molar-refractivity contribution in [2.45, 2.75) is 6.61 Å². The molecule has 23 heavy (non-hydrogen) atoms. The number of para-hydroxylation sites is 1. The molecule has 0 saturated carbocycles. The van der Waals surface area contributed by atoms with Gasteiger partial charge in [0.2, 0.25) is 0 Å². The van der Waals surface area contributed by atoms with Gasteiger partial charge in [-0.3, -0.25) is 0 Å². The van der Waals surface area contributed by atoms with Crippen molar-refractivity contribution in [1.82, 2.24) is 14.6 Å². The lowest BCUT2D eigenvalue weighted by molar-refractivity contribution is 0.276. The number of nitrogen functional groups attached to an aromatic ring is 2. The van der Waals surface area contributed by atoms with Crippen molar-refractivity contribution in [2.24, 2.45) is 0 Å². The van der Waals surface area contributed by atoms with Gasteiger partial charge in [0.1, 0.15) is 17.6 Å². The van der Waals surface area contributed by atoms with Gasteiger partial charge in [0.25, 0.3) is 0 Å². The van der Waals surface area contributed by atoms with Gasteiger partial charge in [0.15, 0.2) is 5.82 Å². The average Bonchev–Trinajstić information content (AvgIpc) is 2.92. The number of hydrogen-bond donors (Lipinski definition) is 2. The number of benzene rings is 2. The summed E-state index contributed by atoms with van der Waals surface area (Å²) in [6.45, 7) is 0.382. The molecule has 114 valence electrons. The number of aromatic nitrogens is 3. The van der Waals surface area contributed by atoms with Crippen molar-refractivity contribution in [1.29, 1.82) is 0 Å². The van der Waals surface area contributed by atoms with E-state index >= 15 is 0 Å². The second-order valence-corrected chi connectivity index (χ2v) is 5.25. The maximum absolute atomic E-state index is 6.18. The van der Waals surface area contributed by atoms with Crippen LogP contribution in [0.15, 0.2) is 54.6 Å². The number of pyridine rings is 1. The molecule has 4 aromatic rings. The van der Waals surface area contributed by atoms with E-state index in [0.29, 0.717) is 24.0 Å². The largest absolute Gasteiger partial charge is 0.459 e. The molecule has 4 rings (SSSR count). The molecule has 6 heteroatoms. The molecule has 0 amide bonds. The normalized spacial score (nSPS) is 11.1. The Bertz CT molecular complexity index is 994. The number of nitrogens with zero attached hydrogens (tertiary/aromatic N) is 3. The first-order valence-electron chi connectivity index (χ1n) is 7.22. The van der Waals surface area contributed by atoms with Gasteiger partial charge < -0.3 is 16.3 Å². The van der Waals surface area contributed by atoms with Crippen LogP contribution in [0.4, 0.5) is 5.82 Å². The van der Waals surface area contributed by atoms with Gasteiger partial charge in [0, 0.05) is 5.39 Å². The fraction of sp³-hybridized carbons (Fsp3) is 0.0588. The van der Waals surface area contributed by atoms with Crippen LogP contribution >= 0.6 is 0 Å². The lowest BCUT2D eigenvalue weighted by atomic mass is 10.2. The zero-order chi connectivity index (χ0) is 15.8. The maximum atomic E-state index is 6.18. The summed E-state index contributed by atoms with van der Waals surface area (Å²) in [6, 6.07) is 17.8. The number of ether oxygens (including phenoxy) is 1. The lowest BCUT2D eigenvalue weighted by Gasteiger charge is -2.06. The molecule has 0 fully saturated rings. The SMILES string of the molecule is Nc1nc2ccccc2c2c1nc(OCc1ccccc1)n2N. The van der Waals surface area contributed by atoms with E-state index in [1.807, 2.05) is 54.6 Å². The first-order valence-corrected chi connectivity index (χ1v) is 7.22. The number of fused-ring (bicyclic) bond motifs is 3. The molecule has 4 N–H and O–H groups in total. The van der Waals surface area contributed by atoms with Crippen molar-refractivity contribution in [3.63, 3.8) is 0 Å². The third-order valence-corrected chi connectivity index (χ3v) is 3.73. The minimum Gasteiger partial charge on any atom is -0.459 e. The summed E-state index contributed by atoms with van der Waals surface area (Å²) >= 11 is 0. The van der Waals surface area contributed by atoms with Gasteiger partial charge in [-0.25, -0.2) is 9.66 Å². The predicted octanol–water partition coefficient (Wildman–Crippen LogP) is 2.46. The molecular formula is C17H15N5O. The lowest BCUT2D eigenvalue weighted by Crippen LogP contribution is -2.11. The molecule has 0 bridgehead atoms. The molecule has 2 aromatic heterocycles. The van der Waals surface area contributed by atoms with Gasteiger partial charge >= 0.3 is 6.01 Å². The molecule has 0 saturated heterocycles. The molecule has 0 aliphatic rings. The second-order valence-electron chi connectivity index (χ2n) is 5.25. The summed E-state index contributed by atoms with van der Waals surface area (Å²) in [5.74, 6) is 6.52. The fourth-order valence-electron chi connectivity index (χ4n) is 2.63. The van der Waals surface area contributed by atoms with E-state index in [9.17, 15) is 0 Å². The monoisotopic (exact) mass is 305 g/mol. The third-order valence-electron chi connectivity index (χ3n) is 3.73. The first kappa shape index (κ1) is 13.4. The average molecular weight is 305 g/mol. The van der Waals surface area contributed by atoms with Crippen LogP contribution < -0.4 is 16.3 Å². The summed E-state index contributed by atoms with van der Waals surface area (Å²) in [6.07, 6.45) is 0. The van der Waals surface area contributed by atoms with E-state index < -0.39 is 0 Å². The molecule has 0 spiro atoms. The van der Waals surface area contributed by atoms with Gasteiger partial charge in [-0.1, -0.05) is 48.5 Å². The first-order chi connectivity index (χ1) is 11.2. The molecule has 0 unspecified atom stereocenters. The molecule has 6 nitrogen and oxygen atoms in total. The minimum absolute atomic E-state index is 0.314.